The summed E-state index contributed by atoms with van der Waals surface area (Å²) in [5.74, 6) is -1.45. The number of hydrogen-bond donors (Lipinski definition) is 1. The highest BCUT2D eigenvalue weighted by Gasteiger charge is 2.25. The quantitative estimate of drug-likeness (QED) is 0.844. The summed E-state index contributed by atoms with van der Waals surface area (Å²) in [6.45, 7) is 1.66. The highest BCUT2D eigenvalue weighted by Crippen LogP contribution is 2.15. The van der Waals surface area contributed by atoms with Crippen LogP contribution in [0.25, 0.3) is 0 Å². The van der Waals surface area contributed by atoms with Crippen molar-refractivity contribution in [2.24, 2.45) is 5.92 Å². The van der Waals surface area contributed by atoms with Gasteiger partial charge in [-0.3, -0.25) is 4.79 Å². The molecule has 0 aliphatic carbocycles. The Bertz CT molecular complexity index is 539. The van der Waals surface area contributed by atoms with Crippen molar-refractivity contribution in [3.63, 3.8) is 0 Å². The lowest BCUT2D eigenvalue weighted by molar-refractivity contribution is -0.143. The SMILES string of the molecule is COC(=O)[C@@H](C[C@@H](C)C#N)NC(=O)c1ccccc1Cl. The van der Waals surface area contributed by atoms with Crippen molar-refractivity contribution in [1.29, 1.82) is 5.26 Å². The van der Waals surface area contributed by atoms with E-state index in [1.54, 1.807) is 31.2 Å². The van der Waals surface area contributed by atoms with Crippen molar-refractivity contribution < 1.29 is 14.3 Å². The van der Waals surface area contributed by atoms with E-state index < -0.39 is 17.9 Å². The fourth-order valence-corrected chi connectivity index (χ4v) is 1.87. The minimum absolute atomic E-state index is 0.180. The van der Waals surface area contributed by atoms with Crippen LogP contribution in [-0.2, 0) is 9.53 Å². The van der Waals surface area contributed by atoms with Crippen molar-refractivity contribution in [3.05, 3.63) is 34.9 Å². The first-order chi connectivity index (χ1) is 9.49. The van der Waals surface area contributed by atoms with E-state index >= 15 is 0 Å². The van der Waals surface area contributed by atoms with Crippen LogP contribution < -0.4 is 5.32 Å². The van der Waals surface area contributed by atoms with Crippen molar-refractivity contribution in [3.8, 4) is 6.07 Å². The molecule has 0 aliphatic heterocycles. The predicted molar refractivity (Wildman–Crippen MR) is 74.1 cm³/mol. The molecule has 20 heavy (non-hydrogen) atoms. The molecule has 0 unspecified atom stereocenters. The smallest absolute Gasteiger partial charge is 0.328 e. The number of carbonyl (C=O) groups excluding carboxylic acids is 2. The van der Waals surface area contributed by atoms with Crippen LogP contribution in [0.5, 0.6) is 0 Å². The van der Waals surface area contributed by atoms with Crippen LogP contribution >= 0.6 is 11.6 Å². The lowest BCUT2D eigenvalue weighted by atomic mass is 10.0. The van der Waals surface area contributed by atoms with Crippen LogP contribution in [0.1, 0.15) is 23.7 Å². The van der Waals surface area contributed by atoms with E-state index in [9.17, 15) is 9.59 Å². The third-order valence-electron chi connectivity index (χ3n) is 2.72. The topological polar surface area (TPSA) is 79.2 Å². The zero-order chi connectivity index (χ0) is 15.1. The summed E-state index contributed by atoms with van der Waals surface area (Å²) in [5.41, 5.74) is 0.271. The van der Waals surface area contributed by atoms with Gasteiger partial charge in [-0.25, -0.2) is 4.79 Å². The van der Waals surface area contributed by atoms with Crippen LogP contribution in [0.4, 0.5) is 0 Å². The second-order valence-electron chi connectivity index (χ2n) is 4.29. The number of hydrogen-bond acceptors (Lipinski definition) is 4. The molecule has 0 fully saturated rings. The van der Waals surface area contributed by atoms with Crippen molar-refractivity contribution >= 4 is 23.5 Å². The molecule has 1 amide bonds. The summed E-state index contributed by atoms with van der Waals surface area (Å²) >= 11 is 5.92. The van der Waals surface area contributed by atoms with Gasteiger partial charge >= 0.3 is 5.97 Å². The molecule has 1 rings (SSSR count). The van der Waals surface area contributed by atoms with Gasteiger partial charge in [0, 0.05) is 5.92 Å². The van der Waals surface area contributed by atoms with Gasteiger partial charge in [-0.2, -0.15) is 5.26 Å². The molecule has 0 aromatic heterocycles. The van der Waals surface area contributed by atoms with E-state index in [1.165, 1.54) is 7.11 Å². The van der Waals surface area contributed by atoms with Gasteiger partial charge in [0.1, 0.15) is 6.04 Å². The number of amides is 1. The Morgan fingerprint density at radius 3 is 2.65 bits per heavy atom. The molecule has 0 bridgehead atoms. The molecule has 0 saturated heterocycles. The summed E-state index contributed by atoms with van der Waals surface area (Å²) in [6.07, 6.45) is 0.180. The number of methoxy groups -OCH3 is 1. The summed E-state index contributed by atoms with van der Waals surface area (Å²) in [5, 5.41) is 11.6. The van der Waals surface area contributed by atoms with Gasteiger partial charge in [-0.1, -0.05) is 23.7 Å². The van der Waals surface area contributed by atoms with E-state index in [0.717, 1.165) is 0 Å². The van der Waals surface area contributed by atoms with E-state index in [2.05, 4.69) is 10.1 Å². The van der Waals surface area contributed by atoms with E-state index in [-0.39, 0.29) is 17.9 Å². The van der Waals surface area contributed by atoms with Gasteiger partial charge < -0.3 is 10.1 Å². The molecule has 5 nitrogen and oxygen atoms in total. The normalized spacial score (nSPS) is 12.9. The number of rotatable bonds is 5. The maximum atomic E-state index is 12.1. The summed E-state index contributed by atoms with van der Waals surface area (Å²) in [7, 11) is 1.23. The van der Waals surface area contributed by atoms with Crippen LogP contribution in [0, 0.1) is 17.2 Å². The average Bonchev–Trinajstić information content (AvgIpc) is 2.45. The molecule has 0 heterocycles. The Labute approximate surface area is 122 Å². The second kappa shape index (κ2) is 7.51. The molecular weight excluding hydrogens is 280 g/mol. The standard InChI is InChI=1S/C14H15ClN2O3/c1-9(8-16)7-12(14(19)20-2)17-13(18)10-5-3-4-6-11(10)15/h3-6,9,12H,7H2,1-2H3,(H,17,18)/t9-,12-/m1/s1. The zero-order valence-electron chi connectivity index (χ0n) is 11.2. The molecule has 0 spiro atoms. The van der Waals surface area contributed by atoms with Crippen molar-refractivity contribution in [2.45, 2.75) is 19.4 Å². The highest BCUT2D eigenvalue weighted by molar-refractivity contribution is 6.33. The van der Waals surface area contributed by atoms with Gasteiger partial charge in [0.15, 0.2) is 0 Å². The number of nitrogens with zero attached hydrogens (tertiary/aromatic N) is 1. The van der Waals surface area contributed by atoms with Gasteiger partial charge in [0.05, 0.1) is 23.8 Å². The molecule has 106 valence electrons. The number of nitrogens with one attached hydrogen (secondary N) is 1. The van der Waals surface area contributed by atoms with Crippen LogP contribution in [0.2, 0.25) is 5.02 Å². The molecule has 2 atom stereocenters. The minimum Gasteiger partial charge on any atom is -0.467 e. The number of esters is 1. The Kier molecular flexibility index (Phi) is 6.01. The van der Waals surface area contributed by atoms with E-state index in [0.29, 0.717) is 5.02 Å². The highest BCUT2D eigenvalue weighted by atomic mass is 35.5. The van der Waals surface area contributed by atoms with Crippen molar-refractivity contribution in [2.75, 3.05) is 7.11 Å². The van der Waals surface area contributed by atoms with Crippen LogP contribution in [0.3, 0.4) is 0 Å². The van der Waals surface area contributed by atoms with Crippen LogP contribution in [-0.4, -0.2) is 25.0 Å². The largest absolute Gasteiger partial charge is 0.467 e. The zero-order valence-corrected chi connectivity index (χ0v) is 12.0. The van der Waals surface area contributed by atoms with Gasteiger partial charge in [-0.15, -0.1) is 0 Å². The molecule has 1 N–H and O–H groups in total. The number of nitriles is 1. The minimum atomic E-state index is -0.876. The van der Waals surface area contributed by atoms with Gasteiger partial charge in [-0.05, 0) is 25.5 Å². The molecular formula is C14H15ClN2O3. The van der Waals surface area contributed by atoms with Crippen LogP contribution in [0.15, 0.2) is 24.3 Å². The summed E-state index contributed by atoms with van der Waals surface area (Å²) in [4.78, 5) is 23.7. The number of carbonyl (C=O) groups is 2. The maximum Gasteiger partial charge on any atom is 0.328 e. The molecule has 0 aliphatic rings. The van der Waals surface area contributed by atoms with E-state index in [1.807, 2.05) is 6.07 Å². The lowest BCUT2D eigenvalue weighted by Gasteiger charge is -2.17. The number of halogens is 1. The van der Waals surface area contributed by atoms with Crippen molar-refractivity contribution in [1.82, 2.24) is 5.32 Å². The fraction of sp³-hybridized carbons (Fsp3) is 0.357. The third kappa shape index (κ3) is 4.25. The van der Waals surface area contributed by atoms with Gasteiger partial charge in [0.25, 0.3) is 5.91 Å². The first kappa shape index (κ1) is 16.0. The second-order valence-corrected chi connectivity index (χ2v) is 4.70. The number of benzene rings is 1. The predicted octanol–water partition coefficient (Wildman–Crippen LogP) is 2.16. The Morgan fingerprint density at radius 2 is 2.10 bits per heavy atom. The molecule has 0 saturated carbocycles. The monoisotopic (exact) mass is 294 g/mol. The molecule has 1 aromatic carbocycles. The first-order valence-corrected chi connectivity index (χ1v) is 6.40. The molecule has 0 radical (unpaired) electrons. The fourth-order valence-electron chi connectivity index (χ4n) is 1.64. The first-order valence-electron chi connectivity index (χ1n) is 6.02. The summed E-state index contributed by atoms with van der Waals surface area (Å²) in [6, 6.07) is 7.65. The lowest BCUT2D eigenvalue weighted by Crippen LogP contribution is -2.42. The molecule has 1 aromatic rings. The summed E-state index contributed by atoms with van der Waals surface area (Å²) < 4.78 is 4.63. The van der Waals surface area contributed by atoms with Gasteiger partial charge in [0.2, 0.25) is 0 Å². The third-order valence-corrected chi connectivity index (χ3v) is 3.05. The molecule has 6 heteroatoms. The average molecular weight is 295 g/mol. The van der Waals surface area contributed by atoms with E-state index in [4.69, 9.17) is 16.9 Å². The Balaban J connectivity index is 2.85. The maximum absolute atomic E-state index is 12.1. The Hall–Kier alpha value is -2.06. The Morgan fingerprint density at radius 1 is 1.45 bits per heavy atom. The number of ether oxygens (including phenoxy) is 1.